The number of nitrogens with one attached hydrogen (secondary N) is 1. The molecule has 0 unspecified atom stereocenters. The van der Waals surface area contributed by atoms with Crippen molar-refractivity contribution in [2.24, 2.45) is 0 Å². The summed E-state index contributed by atoms with van der Waals surface area (Å²) in [7, 11) is 0. The lowest BCUT2D eigenvalue weighted by Crippen LogP contribution is -2.17. The molecule has 0 bridgehead atoms. The van der Waals surface area contributed by atoms with Crippen LogP contribution in [-0.4, -0.2) is 13.2 Å². The number of hydrogen-bond donors (Lipinski definition) is 1. The molecular formula is C15H17F2NO2. The van der Waals surface area contributed by atoms with Gasteiger partial charge in [0.15, 0.2) is 0 Å². The lowest BCUT2D eigenvalue weighted by Gasteiger charge is -2.06. The van der Waals surface area contributed by atoms with Crippen LogP contribution in [0.15, 0.2) is 41.0 Å². The summed E-state index contributed by atoms with van der Waals surface area (Å²) in [6.45, 7) is 2.14. The van der Waals surface area contributed by atoms with Crippen molar-refractivity contribution in [3.05, 3.63) is 59.6 Å². The van der Waals surface area contributed by atoms with Gasteiger partial charge in [0.05, 0.1) is 6.26 Å². The molecule has 0 saturated carbocycles. The molecule has 0 atom stereocenters. The van der Waals surface area contributed by atoms with E-state index in [4.69, 9.17) is 9.15 Å². The van der Waals surface area contributed by atoms with Crippen LogP contribution in [0, 0.1) is 11.6 Å². The van der Waals surface area contributed by atoms with Crippen LogP contribution in [-0.2, 0) is 17.9 Å². The Labute approximate surface area is 116 Å². The van der Waals surface area contributed by atoms with E-state index in [1.165, 1.54) is 12.1 Å². The Bertz CT molecular complexity index is 515. The van der Waals surface area contributed by atoms with Crippen molar-refractivity contribution in [2.75, 3.05) is 13.2 Å². The summed E-state index contributed by atoms with van der Waals surface area (Å²) < 4.78 is 36.6. The Hall–Kier alpha value is -1.72. The molecule has 0 aliphatic heterocycles. The average molecular weight is 281 g/mol. The predicted octanol–water partition coefficient (Wildman–Crippen LogP) is 3.25. The van der Waals surface area contributed by atoms with E-state index in [9.17, 15) is 8.78 Å². The van der Waals surface area contributed by atoms with E-state index in [1.807, 2.05) is 12.1 Å². The van der Waals surface area contributed by atoms with Gasteiger partial charge in [0.2, 0.25) is 0 Å². The van der Waals surface area contributed by atoms with Gasteiger partial charge in [0.1, 0.15) is 24.0 Å². The highest BCUT2D eigenvalue weighted by Crippen LogP contribution is 2.09. The maximum absolute atomic E-state index is 13.3. The number of halogens is 2. The highest BCUT2D eigenvalue weighted by atomic mass is 19.1. The van der Waals surface area contributed by atoms with Crippen molar-refractivity contribution in [3.63, 3.8) is 0 Å². The van der Waals surface area contributed by atoms with Crippen molar-refractivity contribution in [1.29, 1.82) is 0 Å². The third kappa shape index (κ3) is 4.75. The molecule has 2 rings (SSSR count). The summed E-state index contributed by atoms with van der Waals surface area (Å²) in [5.74, 6) is -0.282. The molecule has 0 aliphatic rings. The molecule has 20 heavy (non-hydrogen) atoms. The molecule has 108 valence electrons. The minimum absolute atomic E-state index is 0.379. The van der Waals surface area contributed by atoms with Crippen molar-refractivity contribution in [2.45, 2.75) is 19.6 Å². The molecule has 0 spiro atoms. The SMILES string of the molecule is Fc1ccc(CNCCCOCc2ccco2)c(F)c1. The largest absolute Gasteiger partial charge is 0.467 e. The second kappa shape index (κ2) is 7.77. The summed E-state index contributed by atoms with van der Waals surface area (Å²) in [5.41, 5.74) is 0.461. The van der Waals surface area contributed by atoms with Crippen LogP contribution in [0.25, 0.3) is 0 Å². The second-order valence-electron chi connectivity index (χ2n) is 4.40. The number of ether oxygens (including phenoxy) is 1. The van der Waals surface area contributed by atoms with Gasteiger partial charge in [-0.15, -0.1) is 0 Å². The van der Waals surface area contributed by atoms with Gasteiger partial charge in [-0.3, -0.25) is 0 Å². The van der Waals surface area contributed by atoms with E-state index in [-0.39, 0.29) is 0 Å². The Morgan fingerprint density at radius 1 is 1.20 bits per heavy atom. The smallest absolute Gasteiger partial charge is 0.130 e. The average Bonchev–Trinajstić information content (AvgIpc) is 2.93. The fourth-order valence-electron chi connectivity index (χ4n) is 1.75. The van der Waals surface area contributed by atoms with Crippen LogP contribution >= 0.6 is 0 Å². The van der Waals surface area contributed by atoms with Crippen LogP contribution in [0.4, 0.5) is 8.78 Å². The van der Waals surface area contributed by atoms with Crippen LogP contribution in [0.2, 0.25) is 0 Å². The first-order valence-electron chi connectivity index (χ1n) is 6.50. The van der Waals surface area contributed by atoms with Gasteiger partial charge < -0.3 is 14.5 Å². The lowest BCUT2D eigenvalue weighted by molar-refractivity contribution is 0.104. The molecule has 0 saturated heterocycles. The summed E-state index contributed by atoms with van der Waals surface area (Å²) in [6.07, 6.45) is 2.42. The zero-order valence-electron chi connectivity index (χ0n) is 11.1. The minimum atomic E-state index is -0.558. The Morgan fingerprint density at radius 2 is 2.10 bits per heavy atom. The highest BCUT2D eigenvalue weighted by Gasteiger charge is 2.02. The van der Waals surface area contributed by atoms with Gasteiger partial charge in [-0.25, -0.2) is 8.78 Å². The van der Waals surface area contributed by atoms with E-state index in [0.29, 0.717) is 31.9 Å². The van der Waals surface area contributed by atoms with E-state index >= 15 is 0 Å². The molecule has 0 aliphatic carbocycles. The number of furan rings is 1. The van der Waals surface area contributed by atoms with Gasteiger partial charge in [0, 0.05) is 24.8 Å². The van der Waals surface area contributed by atoms with Crippen molar-refractivity contribution < 1.29 is 17.9 Å². The zero-order valence-corrected chi connectivity index (χ0v) is 11.1. The molecule has 1 aromatic heterocycles. The molecule has 2 aromatic rings. The molecular weight excluding hydrogens is 264 g/mol. The van der Waals surface area contributed by atoms with Crippen LogP contribution in [0.3, 0.4) is 0 Å². The molecule has 1 heterocycles. The van der Waals surface area contributed by atoms with E-state index in [1.54, 1.807) is 6.26 Å². The monoisotopic (exact) mass is 281 g/mol. The third-order valence-electron chi connectivity index (χ3n) is 2.80. The predicted molar refractivity (Wildman–Crippen MR) is 71.0 cm³/mol. The van der Waals surface area contributed by atoms with Crippen molar-refractivity contribution in [3.8, 4) is 0 Å². The molecule has 5 heteroatoms. The van der Waals surface area contributed by atoms with E-state index in [2.05, 4.69) is 5.32 Å². The third-order valence-corrected chi connectivity index (χ3v) is 2.80. The molecule has 0 fully saturated rings. The van der Waals surface area contributed by atoms with E-state index in [0.717, 1.165) is 18.2 Å². The second-order valence-corrected chi connectivity index (χ2v) is 4.40. The highest BCUT2D eigenvalue weighted by molar-refractivity contribution is 5.18. The minimum Gasteiger partial charge on any atom is -0.467 e. The van der Waals surface area contributed by atoms with Gasteiger partial charge in [0.25, 0.3) is 0 Å². The fraction of sp³-hybridized carbons (Fsp3) is 0.333. The molecule has 0 radical (unpaired) electrons. The first-order valence-corrected chi connectivity index (χ1v) is 6.50. The summed E-state index contributed by atoms with van der Waals surface area (Å²) in [6, 6.07) is 7.27. The molecule has 1 aromatic carbocycles. The Morgan fingerprint density at radius 3 is 2.85 bits per heavy atom. The topological polar surface area (TPSA) is 34.4 Å². The summed E-state index contributed by atoms with van der Waals surface area (Å²) in [5, 5.41) is 3.09. The zero-order chi connectivity index (χ0) is 14.2. The lowest BCUT2D eigenvalue weighted by atomic mass is 10.2. The molecule has 3 nitrogen and oxygen atoms in total. The van der Waals surface area contributed by atoms with Gasteiger partial charge in [-0.1, -0.05) is 6.07 Å². The first-order chi connectivity index (χ1) is 9.75. The number of hydrogen-bond acceptors (Lipinski definition) is 3. The van der Waals surface area contributed by atoms with Crippen LogP contribution < -0.4 is 5.32 Å². The molecule has 0 amide bonds. The fourth-order valence-corrected chi connectivity index (χ4v) is 1.75. The van der Waals surface area contributed by atoms with Gasteiger partial charge >= 0.3 is 0 Å². The number of benzene rings is 1. The maximum Gasteiger partial charge on any atom is 0.130 e. The number of rotatable bonds is 8. The van der Waals surface area contributed by atoms with Crippen molar-refractivity contribution >= 4 is 0 Å². The van der Waals surface area contributed by atoms with Crippen LogP contribution in [0.5, 0.6) is 0 Å². The Balaban J connectivity index is 1.55. The Kier molecular flexibility index (Phi) is 5.70. The molecule has 1 N–H and O–H groups in total. The van der Waals surface area contributed by atoms with Gasteiger partial charge in [-0.05, 0) is 31.2 Å². The van der Waals surface area contributed by atoms with E-state index < -0.39 is 11.6 Å². The maximum atomic E-state index is 13.3. The summed E-state index contributed by atoms with van der Waals surface area (Å²) in [4.78, 5) is 0. The quantitative estimate of drug-likeness (QED) is 0.754. The van der Waals surface area contributed by atoms with Crippen LogP contribution in [0.1, 0.15) is 17.7 Å². The summed E-state index contributed by atoms with van der Waals surface area (Å²) >= 11 is 0. The van der Waals surface area contributed by atoms with Gasteiger partial charge in [-0.2, -0.15) is 0 Å². The first kappa shape index (κ1) is 14.7. The normalized spacial score (nSPS) is 10.9. The van der Waals surface area contributed by atoms with Crippen molar-refractivity contribution in [1.82, 2.24) is 5.32 Å². The standard InChI is InChI=1S/C15H17F2NO2/c16-13-5-4-12(15(17)9-13)10-18-6-2-7-19-11-14-3-1-8-20-14/h1,3-5,8-9,18H,2,6-7,10-11H2.